The molecule has 0 fully saturated rings. The lowest BCUT2D eigenvalue weighted by Gasteiger charge is -2.18. The number of aromatic nitrogens is 2. The monoisotopic (exact) mass is 349 g/mol. The summed E-state index contributed by atoms with van der Waals surface area (Å²) in [6, 6.07) is 19.3. The van der Waals surface area contributed by atoms with Crippen LogP contribution in [0.5, 0.6) is 0 Å². The molecule has 0 radical (unpaired) electrons. The van der Waals surface area contributed by atoms with Crippen LogP contribution in [0.2, 0.25) is 0 Å². The van der Waals surface area contributed by atoms with Crippen molar-refractivity contribution in [2.45, 2.75) is 13.5 Å². The molecule has 124 valence electrons. The van der Waals surface area contributed by atoms with E-state index in [1.807, 2.05) is 54.6 Å². The van der Waals surface area contributed by atoms with E-state index < -0.39 is 0 Å². The summed E-state index contributed by atoms with van der Waals surface area (Å²) >= 11 is 1.49. The van der Waals surface area contributed by atoms with Crippen LogP contribution in [0.4, 0.5) is 5.13 Å². The fourth-order valence-corrected chi connectivity index (χ4v) is 3.54. The van der Waals surface area contributed by atoms with E-state index in [4.69, 9.17) is 4.52 Å². The number of hydrogen-bond donors (Lipinski definition) is 0. The van der Waals surface area contributed by atoms with Crippen molar-refractivity contribution in [3.63, 3.8) is 0 Å². The third kappa shape index (κ3) is 3.16. The van der Waals surface area contributed by atoms with Crippen LogP contribution in [0.1, 0.15) is 21.8 Å². The van der Waals surface area contributed by atoms with Gasteiger partial charge in [0.15, 0.2) is 10.8 Å². The largest absolute Gasteiger partial charge is 0.361 e. The number of carbonyl (C=O) groups is 1. The van der Waals surface area contributed by atoms with E-state index in [1.165, 1.54) is 11.3 Å². The number of para-hydroxylation sites is 1. The zero-order chi connectivity index (χ0) is 17.2. The number of aryl methyl sites for hydroxylation is 1. The van der Waals surface area contributed by atoms with Gasteiger partial charge in [0.2, 0.25) is 0 Å². The molecule has 0 aliphatic rings. The van der Waals surface area contributed by atoms with E-state index in [9.17, 15) is 4.79 Å². The molecule has 0 bridgehead atoms. The number of hydrogen-bond acceptors (Lipinski definition) is 5. The molecule has 6 heteroatoms. The van der Waals surface area contributed by atoms with E-state index >= 15 is 0 Å². The van der Waals surface area contributed by atoms with Gasteiger partial charge in [-0.05, 0) is 24.6 Å². The summed E-state index contributed by atoms with van der Waals surface area (Å²) in [6.07, 6.45) is 0. The second kappa shape index (κ2) is 6.49. The number of benzene rings is 2. The van der Waals surface area contributed by atoms with Crippen LogP contribution < -0.4 is 4.90 Å². The minimum absolute atomic E-state index is 0.222. The third-order valence-electron chi connectivity index (χ3n) is 3.79. The van der Waals surface area contributed by atoms with Crippen molar-refractivity contribution >= 4 is 32.6 Å². The van der Waals surface area contributed by atoms with Crippen molar-refractivity contribution in [3.8, 4) is 0 Å². The van der Waals surface area contributed by atoms with E-state index in [1.54, 1.807) is 17.9 Å². The van der Waals surface area contributed by atoms with Crippen LogP contribution in [0.3, 0.4) is 0 Å². The van der Waals surface area contributed by atoms with Crippen molar-refractivity contribution in [1.82, 2.24) is 10.1 Å². The molecule has 25 heavy (non-hydrogen) atoms. The van der Waals surface area contributed by atoms with Crippen molar-refractivity contribution in [3.05, 3.63) is 77.7 Å². The highest BCUT2D eigenvalue weighted by molar-refractivity contribution is 7.22. The zero-order valence-electron chi connectivity index (χ0n) is 13.5. The summed E-state index contributed by atoms with van der Waals surface area (Å²) in [7, 11) is 0. The fraction of sp³-hybridized carbons (Fsp3) is 0.105. The van der Waals surface area contributed by atoms with Gasteiger partial charge in [-0.1, -0.05) is 59.0 Å². The molecule has 0 aliphatic heterocycles. The molecule has 0 unspecified atom stereocenters. The molecule has 0 aliphatic carbocycles. The molecular weight excluding hydrogens is 334 g/mol. The maximum absolute atomic E-state index is 13.0. The summed E-state index contributed by atoms with van der Waals surface area (Å²) in [5.74, 6) is 0.382. The van der Waals surface area contributed by atoms with Crippen LogP contribution in [0.15, 0.2) is 65.2 Å². The van der Waals surface area contributed by atoms with E-state index in [2.05, 4.69) is 10.1 Å². The van der Waals surface area contributed by atoms with Gasteiger partial charge >= 0.3 is 0 Å². The normalized spacial score (nSPS) is 10.9. The first-order valence-electron chi connectivity index (χ1n) is 7.85. The smallest absolute Gasteiger partial charge is 0.282 e. The zero-order valence-corrected chi connectivity index (χ0v) is 14.4. The van der Waals surface area contributed by atoms with Gasteiger partial charge in [0.1, 0.15) is 5.76 Å². The molecule has 0 saturated carbocycles. The first-order valence-corrected chi connectivity index (χ1v) is 8.67. The molecule has 0 atom stereocenters. The third-order valence-corrected chi connectivity index (χ3v) is 4.85. The van der Waals surface area contributed by atoms with E-state index in [0.717, 1.165) is 15.8 Å². The van der Waals surface area contributed by atoms with Crippen molar-refractivity contribution < 1.29 is 9.32 Å². The summed E-state index contributed by atoms with van der Waals surface area (Å²) in [6.45, 7) is 2.19. The molecule has 0 N–H and O–H groups in total. The SMILES string of the molecule is Cc1cc(C(=O)N(Cc2ccccc2)c2nc3ccccc3s2)no1. The minimum atomic E-state index is -0.222. The topological polar surface area (TPSA) is 59.2 Å². The Morgan fingerprint density at radius 2 is 1.88 bits per heavy atom. The Labute approximate surface area is 148 Å². The van der Waals surface area contributed by atoms with Gasteiger partial charge < -0.3 is 4.52 Å². The van der Waals surface area contributed by atoms with Gasteiger partial charge in [-0.15, -0.1) is 0 Å². The van der Waals surface area contributed by atoms with Crippen LogP contribution >= 0.6 is 11.3 Å². The highest BCUT2D eigenvalue weighted by atomic mass is 32.1. The molecule has 4 rings (SSSR count). The Morgan fingerprint density at radius 3 is 2.60 bits per heavy atom. The summed E-state index contributed by atoms with van der Waals surface area (Å²) < 4.78 is 6.11. The lowest BCUT2D eigenvalue weighted by Crippen LogP contribution is -2.30. The Kier molecular flexibility index (Phi) is 4.03. The average Bonchev–Trinajstić information content (AvgIpc) is 3.26. The maximum Gasteiger partial charge on any atom is 0.282 e. The highest BCUT2D eigenvalue weighted by Gasteiger charge is 2.24. The Balaban J connectivity index is 1.75. The highest BCUT2D eigenvalue weighted by Crippen LogP contribution is 2.30. The molecule has 2 heterocycles. The summed E-state index contributed by atoms with van der Waals surface area (Å²) in [5.41, 5.74) is 2.19. The molecular formula is C19H15N3O2S. The lowest BCUT2D eigenvalue weighted by atomic mass is 10.2. The first-order chi connectivity index (χ1) is 12.2. The number of fused-ring (bicyclic) bond motifs is 1. The standard InChI is InChI=1S/C19H15N3O2S/c1-13-11-16(21-24-13)18(23)22(12-14-7-3-2-4-8-14)19-20-15-9-5-6-10-17(15)25-19/h2-11H,12H2,1H3. The van der Waals surface area contributed by atoms with E-state index in [-0.39, 0.29) is 11.6 Å². The number of thiazole rings is 1. The second-order valence-electron chi connectivity index (χ2n) is 5.66. The van der Waals surface area contributed by atoms with Gasteiger partial charge in [0.05, 0.1) is 16.8 Å². The number of rotatable bonds is 4. The number of nitrogens with zero attached hydrogens (tertiary/aromatic N) is 3. The van der Waals surface area contributed by atoms with Gasteiger partial charge in [0, 0.05) is 6.07 Å². The number of carbonyl (C=O) groups excluding carboxylic acids is 1. The predicted molar refractivity (Wildman–Crippen MR) is 97.8 cm³/mol. The first kappa shape index (κ1) is 15.5. The maximum atomic E-state index is 13.0. The van der Waals surface area contributed by atoms with Crippen LogP contribution in [0, 0.1) is 6.92 Å². The Bertz CT molecular complexity index is 990. The summed E-state index contributed by atoms with van der Waals surface area (Å²) in [4.78, 5) is 19.3. The van der Waals surface area contributed by atoms with Crippen molar-refractivity contribution in [1.29, 1.82) is 0 Å². The molecule has 5 nitrogen and oxygen atoms in total. The van der Waals surface area contributed by atoms with Gasteiger partial charge in [-0.3, -0.25) is 9.69 Å². The molecule has 4 aromatic rings. The Morgan fingerprint density at radius 1 is 1.12 bits per heavy atom. The van der Waals surface area contributed by atoms with Crippen LogP contribution in [-0.2, 0) is 6.54 Å². The minimum Gasteiger partial charge on any atom is -0.361 e. The summed E-state index contributed by atoms with van der Waals surface area (Å²) in [5, 5.41) is 4.52. The van der Waals surface area contributed by atoms with Crippen LogP contribution in [0.25, 0.3) is 10.2 Å². The Hall–Kier alpha value is -2.99. The molecule has 0 saturated heterocycles. The fourth-order valence-electron chi connectivity index (χ4n) is 2.57. The molecule has 0 spiro atoms. The van der Waals surface area contributed by atoms with E-state index in [0.29, 0.717) is 17.4 Å². The second-order valence-corrected chi connectivity index (χ2v) is 6.67. The average molecular weight is 349 g/mol. The molecule has 1 amide bonds. The van der Waals surface area contributed by atoms with Crippen molar-refractivity contribution in [2.24, 2.45) is 0 Å². The molecule has 2 aromatic heterocycles. The lowest BCUT2D eigenvalue weighted by molar-refractivity contribution is 0.0976. The number of anilines is 1. The van der Waals surface area contributed by atoms with Gasteiger partial charge in [-0.2, -0.15) is 0 Å². The van der Waals surface area contributed by atoms with Gasteiger partial charge in [-0.25, -0.2) is 4.98 Å². The predicted octanol–water partition coefficient (Wildman–Crippen LogP) is 4.44. The van der Waals surface area contributed by atoms with Crippen molar-refractivity contribution in [2.75, 3.05) is 4.90 Å². The number of amides is 1. The van der Waals surface area contributed by atoms with Crippen LogP contribution in [-0.4, -0.2) is 16.0 Å². The quantitative estimate of drug-likeness (QED) is 0.546. The molecule has 2 aromatic carbocycles. The van der Waals surface area contributed by atoms with Gasteiger partial charge in [0.25, 0.3) is 5.91 Å².